The molecular weight excluding hydrogens is 308 g/mol. The molecular formula is C17H22N4O3. The van der Waals surface area contributed by atoms with E-state index >= 15 is 0 Å². The lowest BCUT2D eigenvalue weighted by Crippen LogP contribution is -2.41. The number of nitrogens with zero attached hydrogens (tertiary/aromatic N) is 4. The summed E-state index contributed by atoms with van der Waals surface area (Å²) in [6.07, 6.45) is 5.71. The summed E-state index contributed by atoms with van der Waals surface area (Å²) in [6, 6.07) is 3.59. The summed E-state index contributed by atoms with van der Waals surface area (Å²) in [5.74, 6) is 2.12. The van der Waals surface area contributed by atoms with Crippen molar-refractivity contribution < 1.29 is 13.6 Å². The SMILES string of the molecule is O=C(C1CCN(Cc2nnc(-c3ccco3)o2)CC1)N1CCCC1. The Hall–Kier alpha value is -2.15. The van der Waals surface area contributed by atoms with Gasteiger partial charge in [0.05, 0.1) is 12.8 Å². The van der Waals surface area contributed by atoms with Crippen LogP contribution in [0, 0.1) is 5.92 Å². The van der Waals surface area contributed by atoms with Gasteiger partial charge in [-0.25, -0.2) is 0 Å². The number of hydrogen-bond donors (Lipinski definition) is 0. The van der Waals surface area contributed by atoms with Crippen molar-refractivity contribution in [3.8, 4) is 11.7 Å². The molecule has 7 nitrogen and oxygen atoms in total. The van der Waals surface area contributed by atoms with Crippen molar-refractivity contribution in [2.75, 3.05) is 26.2 Å². The molecule has 24 heavy (non-hydrogen) atoms. The van der Waals surface area contributed by atoms with Gasteiger partial charge < -0.3 is 13.7 Å². The second-order valence-electron chi connectivity index (χ2n) is 6.56. The Bertz CT molecular complexity index is 668. The number of amides is 1. The Labute approximate surface area is 140 Å². The minimum Gasteiger partial charge on any atom is -0.459 e. The predicted octanol–water partition coefficient (Wildman–Crippen LogP) is 2.16. The van der Waals surface area contributed by atoms with Gasteiger partial charge in [0, 0.05) is 19.0 Å². The Morgan fingerprint density at radius 2 is 1.96 bits per heavy atom. The van der Waals surface area contributed by atoms with Crippen molar-refractivity contribution in [2.24, 2.45) is 5.92 Å². The average Bonchev–Trinajstić information content (AvgIpc) is 3.36. The molecule has 4 rings (SSSR count). The molecule has 2 aromatic heterocycles. The maximum absolute atomic E-state index is 12.5. The molecule has 2 saturated heterocycles. The number of carbonyl (C=O) groups excluding carboxylic acids is 1. The Morgan fingerprint density at radius 3 is 2.67 bits per heavy atom. The van der Waals surface area contributed by atoms with Crippen molar-refractivity contribution >= 4 is 5.91 Å². The van der Waals surface area contributed by atoms with Crippen molar-refractivity contribution in [1.82, 2.24) is 20.0 Å². The van der Waals surface area contributed by atoms with Crippen LogP contribution in [0.15, 0.2) is 27.2 Å². The average molecular weight is 330 g/mol. The van der Waals surface area contributed by atoms with E-state index in [0.717, 1.165) is 51.9 Å². The molecule has 0 atom stereocenters. The molecule has 1 amide bonds. The predicted molar refractivity (Wildman–Crippen MR) is 85.8 cm³/mol. The normalized spacial score (nSPS) is 19.9. The highest BCUT2D eigenvalue weighted by atomic mass is 16.4. The van der Waals surface area contributed by atoms with Gasteiger partial charge in [0.15, 0.2) is 5.76 Å². The zero-order valence-electron chi connectivity index (χ0n) is 13.7. The van der Waals surface area contributed by atoms with E-state index < -0.39 is 0 Å². The monoisotopic (exact) mass is 330 g/mol. The van der Waals surface area contributed by atoms with E-state index in [-0.39, 0.29) is 5.92 Å². The fourth-order valence-corrected chi connectivity index (χ4v) is 3.54. The highest BCUT2D eigenvalue weighted by Gasteiger charge is 2.30. The van der Waals surface area contributed by atoms with Crippen LogP contribution in [-0.4, -0.2) is 52.1 Å². The lowest BCUT2D eigenvalue weighted by atomic mass is 9.95. The molecule has 0 aliphatic carbocycles. The molecule has 0 bridgehead atoms. The van der Waals surface area contributed by atoms with Crippen LogP contribution in [0.4, 0.5) is 0 Å². The van der Waals surface area contributed by atoms with E-state index in [0.29, 0.717) is 30.0 Å². The lowest BCUT2D eigenvalue weighted by Gasteiger charge is -2.32. The summed E-state index contributed by atoms with van der Waals surface area (Å²) in [5.41, 5.74) is 0. The molecule has 2 aromatic rings. The van der Waals surface area contributed by atoms with E-state index in [4.69, 9.17) is 8.83 Å². The topological polar surface area (TPSA) is 75.6 Å². The van der Waals surface area contributed by atoms with Gasteiger partial charge in [-0.3, -0.25) is 9.69 Å². The number of likely N-dealkylation sites (tertiary alicyclic amines) is 2. The van der Waals surface area contributed by atoms with Gasteiger partial charge in [0.2, 0.25) is 11.8 Å². The molecule has 0 spiro atoms. The van der Waals surface area contributed by atoms with Gasteiger partial charge in [-0.2, -0.15) is 0 Å². The molecule has 2 aliphatic rings. The van der Waals surface area contributed by atoms with Gasteiger partial charge >= 0.3 is 0 Å². The fraction of sp³-hybridized carbons (Fsp3) is 0.588. The van der Waals surface area contributed by atoms with Crippen LogP contribution in [0.3, 0.4) is 0 Å². The second kappa shape index (κ2) is 6.76. The van der Waals surface area contributed by atoms with Crippen molar-refractivity contribution in [3.05, 3.63) is 24.3 Å². The lowest BCUT2D eigenvalue weighted by molar-refractivity contribution is -0.136. The summed E-state index contributed by atoms with van der Waals surface area (Å²) < 4.78 is 10.9. The molecule has 2 aliphatic heterocycles. The molecule has 0 saturated carbocycles. The number of rotatable bonds is 4. The van der Waals surface area contributed by atoms with Crippen molar-refractivity contribution in [3.63, 3.8) is 0 Å². The highest BCUT2D eigenvalue weighted by molar-refractivity contribution is 5.79. The van der Waals surface area contributed by atoms with E-state index in [1.165, 1.54) is 0 Å². The van der Waals surface area contributed by atoms with Crippen LogP contribution in [0.5, 0.6) is 0 Å². The van der Waals surface area contributed by atoms with Crippen LogP contribution in [-0.2, 0) is 11.3 Å². The molecule has 0 unspecified atom stereocenters. The third-order valence-corrected chi connectivity index (χ3v) is 4.91. The van der Waals surface area contributed by atoms with E-state index in [2.05, 4.69) is 15.1 Å². The van der Waals surface area contributed by atoms with E-state index in [1.807, 2.05) is 4.90 Å². The van der Waals surface area contributed by atoms with Crippen molar-refractivity contribution in [1.29, 1.82) is 0 Å². The highest BCUT2D eigenvalue weighted by Crippen LogP contribution is 2.24. The third kappa shape index (κ3) is 3.21. The fourth-order valence-electron chi connectivity index (χ4n) is 3.54. The summed E-state index contributed by atoms with van der Waals surface area (Å²) in [7, 11) is 0. The Morgan fingerprint density at radius 1 is 1.17 bits per heavy atom. The number of hydrogen-bond acceptors (Lipinski definition) is 6. The standard InChI is InChI=1S/C17H22N4O3/c22-17(21-7-1-2-8-21)13-5-9-20(10-6-13)12-15-18-19-16(24-15)14-4-3-11-23-14/h3-4,11,13H,1-2,5-10,12H2. The van der Waals surface area contributed by atoms with E-state index in [1.54, 1.807) is 18.4 Å². The first-order valence-electron chi connectivity index (χ1n) is 8.67. The number of piperidine rings is 1. The Balaban J connectivity index is 1.29. The molecule has 128 valence electrons. The molecule has 2 fully saturated rings. The molecule has 0 radical (unpaired) electrons. The zero-order chi connectivity index (χ0) is 16.4. The summed E-state index contributed by atoms with van der Waals surface area (Å²) in [5, 5.41) is 8.11. The summed E-state index contributed by atoms with van der Waals surface area (Å²) in [4.78, 5) is 16.8. The first kappa shape index (κ1) is 15.4. The minimum absolute atomic E-state index is 0.181. The molecule has 0 N–H and O–H groups in total. The number of carbonyl (C=O) groups is 1. The zero-order valence-corrected chi connectivity index (χ0v) is 13.7. The first-order chi connectivity index (χ1) is 11.8. The van der Waals surface area contributed by atoms with E-state index in [9.17, 15) is 4.79 Å². The number of furan rings is 1. The summed E-state index contributed by atoms with van der Waals surface area (Å²) in [6.45, 7) is 4.29. The molecule has 7 heteroatoms. The van der Waals surface area contributed by atoms with Crippen LogP contribution < -0.4 is 0 Å². The van der Waals surface area contributed by atoms with Gasteiger partial charge in [-0.15, -0.1) is 10.2 Å². The summed E-state index contributed by atoms with van der Waals surface area (Å²) >= 11 is 0. The van der Waals surface area contributed by atoms with Crippen LogP contribution >= 0.6 is 0 Å². The van der Waals surface area contributed by atoms with Gasteiger partial charge in [-0.1, -0.05) is 0 Å². The smallest absolute Gasteiger partial charge is 0.283 e. The van der Waals surface area contributed by atoms with Crippen LogP contribution in [0.2, 0.25) is 0 Å². The maximum atomic E-state index is 12.5. The van der Waals surface area contributed by atoms with Gasteiger partial charge in [-0.05, 0) is 50.9 Å². The maximum Gasteiger partial charge on any atom is 0.283 e. The largest absolute Gasteiger partial charge is 0.459 e. The first-order valence-corrected chi connectivity index (χ1v) is 8.67. The quantitative estimate of drug-likeness (QED) is 0.855. The van der Waals surface area contributed by atoms with Crippen LogP contribution in [0.25, 0.3) is 11.7 Å². The van der Waals surface area contributed by atoms with Crippen LogP contribution in [0.1, 0.15) is 31.6 Å². The Kier molecular flexibility index (Phi) is 4.34. The number of aromatic nitrogens is 2. The molecule has 0 aromatic carbocycles. The van der Waals surface area contributed by atoms with Gasteiger partial charge in [0.1, 0.15) is 0 Å². The van der Waals surface area contributed by atoms with Crippen molar-refractivity contribution in [2.45, 2.75) is 32.2 Å². The minimum atomic E-state index is 0.181. The third-order valence-electron chi connectivity index (χ3n) is 4.91. The van der Waals surface area contributed by atoms with Gasteiger partial charge in [0.25, 0.3) is 5.89 Å². The molecule has 4 heterocycles. The second-order valence-corrected chi connectivity index (χ2v) is 6.56.